The third kappa shape index (κ3) is 40.1. The van der Waals surface area contributed by atoms with Gasteiger partial charge in [0.2, 0.25) is 5.91 Å². The van der Waals surface area contributed by atoms with Crippen LogP contribution in [-0.4, -0.2) is 46.9 Å². The van der Waals surface area contributed by atoms with Gasteiger partial charge in [0, 0.05) is 6.42 Å². The number of hydrogen-bond donors (Lipinski definition) is 3. The van der Waals surface area contributed by atoms with Gasteiger partial charge >= 0.3 is 5.97 Å². The van der Waals surface area contributed by atoms with Crippen LogP contribution in [0.5, 0.6) is 0 Å². The summed E-state index contributed by atoms with van der Waals surface area (Å²) in [6.45, 7) is 6.28. The van der Waals surface area contributed by atoms with Gasteiger partial charge < -0.3 is 20.3 Å². The minimum atomic E-state index is -0.807. The largest absolute Gasteiger partial charge is 0.462 e. The van der Waals surface area contributed by atoms with Crippen LogP contribution in [0.1, 0.15) is 220 Å². The molecule has 58 heavy (non-hydrogen) atoms. The number of ether oxygens (including phenoxy) is 1. The summed E-state index contributed by atoms with van der Waals surface area (Å²) >= 11 is 0. The monoisotopic (exact) mass is 810 g/mol. The first-order chi connectivity index (χ1) is 28.5. The van der Waals surface area contributed by atoms with Crippen LogP contribution < -0.4 is 5.32 Å². The molecule has 0 aromatic heterocycles. The standard InChI is InChI=1S/C52H91NO5/c1-4-7-10-13-16-19-21-23-24-25-26-28-30-33-36-39-42-45-52(57)58-48(43-40-37-34-32-29-27-22-20-17-14-11-8-5-2)46-51(56)53-49(47-54)50(55)44-41-38-35-31-18-15-12-9-6-3/h8,11,14,17,20,22-24,27,29,32,34,48-50,54-55H,4-7,9-10,12-13,15-16,18-19,21,25-26,28,30-31,33,35-47H2,1-3H3,(H,53,56)/b11-8+,17-14+,22-20-,24-23+,29-27-,34-32+. The van der Waals surface area contributed by atoms with E-state index in [1.807, 2.05) is 48.6 Å². The number of rotatable bonds is 42. The lowest BCUT2D eigenvalue weighted by Crippen LogP contribution is -2.46. The van der Waals surface area contributed by atoms with Gasteiger partial charge in [0.1, 0.15) is 6.10 Å². The molecule has 0 heterocycles. The second kappa shape index (κ2) is 45.4. The number of aliphatic hydroxyl groups excluding tert-OH is 2. The van der Waals surface area contributed by atoms with Gasteiger partial charge in [-0.2, -0.15) is 0 Å². The first-order valence-corrected chi connectivity index (χ1v) is 24.2. The van der Waals surface area contributed by atoms with Crippen molar-refractivity contribution in [2.24, 2.45) is 0 Å². The van der Waals surface area contributed by atoms with E-state index in [2.05, 4.69) is 50.4 Å². The highest BCUT2D eigenvalue weighted by Crippen LogP contribution is 2.16. The number of nitrogens with one attached hydrogen (secondary N) is 1. The lowest BCUT2D eigenvalue weighted by molar-refractivity contribution is -0.151. The number of carbonyl (C=O) groups excluding carboxylic acids is 2. The van der Waals surface area contributed by atoms with E-state index in [1.54, 1.807) is 0 Å². The van der Waals surface area contributed by atoms with Crippen LogP contribution in [0.2, 0.25) is 0 Å². The normalized spacial score (nSPS) is 13.9. The van der Waals surface area contributed by atoms with E-state index in [0.29, 0.717) is 19.3 Å². The number of aliphatic hydroxyl groups is 2. The zero-order valence-electron chi connectivity index (χ0n) is 37.9. The minimum Gasteiger partial charge on any atom is -0.462 e. The molecule has 334 valence electrons. The molecule has 0 fully saturated rings. The first-order valence-electron chi connectivity index (χ1n) is 24.2. The Bertz CT molecular complexity index is 1090. The third-order valence-corrected chi connectivity index (χ3v) is 10.6. The summed E-state index contributed by atoms with van der Waals surface area (Å²) in [6, 6.07) is -0.726. The van der Waals surface area contributed by atoms with Crippen molar-refractivity contribution in [1.29, 1.82) is 0 Å². The van der Waals surface area contributed by atoms with Crippen LogP contribution in [0.3, 0.4) is 0 Å². The Balaban J connectivity index is 4.67. The van der Waals surface area contributed by atoms with Crippen molar-refractivity contribution in [2.45, 2.75) is 238 Å². The van der Waals surface area contributed by atoms with E-state index < -0.39 is 18.2 Å². The van der Waals surface area contributed by atoms with Crippen molar-refractivity contribution in [2.75, 3.05) is 6.61 Å². The van der Waals surface area contributed by atoms with Crippen molar-refractivity contribution in [3.63, 3.8) is 0 Å². The van der Waals surface area contributed by atoms with Gasteiger partial charge in [0.25, 0.3) is 0 Å². The Morgan fingerprint density at radius 3 is 1.48 bits per heavy atom. The topological polar surface area (TPSA) is 95.9 Å². The summed E-state index contributed by atoms with van der Waals surface area (Å²) in [7, 11) is 0. The smallest absolute Gasteiger partial charge is 0.306 e. The molecule has 0 aromatic rings. The highest BCUT2D eigenvalue weighted by atomic mass is 16.5. The minimum absolute atomic E-state index is 0.0244. The lowest BCUT2D eigenvalue weighted by atomic mass is 10.0. The molecular weight excluding hydrogens is 719 g/mol. The predicted octanol–water partition coefficient (Wildman–Crippen LogP) is 14.2. The van der Waals surface area contributed by atoms with Crippen LogP contribution in [0.4, 0.5) is 0 Å². The number of carbonyl (C=O) groups is 2. The molecule has 0 aliphatic rings. The Morgan fingerprint density at radius 2 is 0.966 bits per heavy atom. The zero-order chi connectivity index (χ0) is 42.4. The highest BCUT2D eigenvalue weighted by Gasteiger charge is 2.24. The summed E-state index contributed by atoms with van der Waals surface area (Å²) in [4.78, 5) is 26.0. The molecule has 0 aliphatic heterocycles. The quantitative estimate of drug-likeness (QED) is 0.0247. The van der Waals surface area contributed by atoms with Crippen LogP contribution in [0.25, 0.3) is 0 Å². The number of amides is 1. The lowest BCUT2D eigenvalue weighted by Gasteiger charge is -2.24. The maximum absolute atomic E-state index is 13.1. The zero-order valence-corrected chi connectivity index (χ0v) is 37.9. The van der Waals surface area contributed by atoms with Gasteiger partial charge in [-0.15, -0.1) is 0 Å². The molecule has 0 aromatic carbocycles. The van der Waals surface area contributed by atoms with Gasteiger partial charge in [0.15, 0.2) is 0 Å². The van der Waals surface area contributed by atoms with E-state index in [1.165, 1.54) is 116 Å². The van der Waals surface area contributed by atoms with E-state index in [-0.39, 0.29) is 24.9 Å². The average molecular weight is 810 g/mol. The van der Waals surface area contributed by atoms with Crippen LogP contribution in [-0.2, 0) is 14.3 Å². The molecular formula is C52H91NO5. The second-order valence-corrected chi connectivity index (χ2v) is 16.2. The molecule has 0 rings (SSSR count). The van der Waals surface area contributed by atoms with Gasteiger partial charge in [-0.1, -0.05) is 216 Å². The van der Waals surface area contributed by atoms with Crippen molar-refractivity contribution in [3.8, 4) is 0 Å². The Kier molecular flexibility index (Phi) is 43.3. The van der Waals surface area contributed by atoms with Crippen molar-refractivity contribution >= 4 is 11.9 Å². The molecule has 0 aliphatic carbocycles. The van der Waals surface area contributed by atoms with Crippen LogP contribution in [0, 0.1) is 0 Å². The molecule has 6 nitrogen and oxygen atoms in total. The summed E-state index contributed by atoms with van der Waals surface area (Å²) in [5, 5.41) is 23.6. The van der Waals surface area contributed by atoms with Crippen molar-refractivity contribution in [3.05, 3.63) is 72.9 Å². The summed E-state index contributed by atoms with van der Waals surface area (Å²) < 4.78 is 5.88. The first kappa shape index (κ1) is 55.3. The molecule has 0 spiro atoms. The number of allylic oxidation sites excluding steroid dienone is 12. The number of esters is 1. The highest BCUT2D eigenvalue weighted by molar-refractivity contribution is 5.77. The second-order valence-electron chi connectivity index (χ2n) is 16.2. The number of unbranched alkanes of at least 4 members (excludes halogenated alkanes) is 22. The van der Waals surface area contributed by atoms with E-state index in [9.17, 15) is 19.8 Å². The Hall–Kier alpha value is -2.70. The Morgan fingerprint density at radius 1 is 0.517 bits per heavy atom. The molecule has 0 radical (unpaired) electrons. The molecule has 0 bridgehead atoms. The molecule has 3 N–H and O–H groups in total. The van der Waals surface area contributed by atoms with Crippen molar-refractivity contribution in [1.82, 2.24) is 5.32 Å². The van der Waals surface area contributed by atoms with Crippen LogP contribution in [0.15, 0.2) is 72.9 Å². The molecule has 3 atom stereocenters. The molecule has 0 saturated heterocycles. The average Bonchev–Trinajstić information content (AvgIpc) is 3.22. The predicted molar refractivity (Wildman–Crippen MR) is 250 cm³/mol. The SMILES string of the molecule is CC/C=C/C=C/C=C\C=C/C=C/CCCC(CC(=O)NC(CO)C(O)CCCCCCCCCCC)OC(=O)CCCCCCCCC/C=C/CCCCCCCC. The molecule has 6 heteroatoms. The maximum atomic E-state index is 13.1. The maximum Gasteiger partial charge on any atom is 0.306 e. The fourth-order valence-electron chi connectivity index (χ4n) is 6.98. The molecule has 3 unspecified atom stereocenters. The fourth-order valence-corrected chi connectivity index (χ4v) is 6.98. The van der Waals surface area contributed by atoms with Gasteiger partial charge in [0.05, 0.1) is 25.2 Å². The summed E-state index contributed by atoms with van der Waals surface area (Å²) in [5.74, 6) is -0.556. The summed E-state index contributed by atoms with van der Waals surface area (Å²) in [5.41, 5.74) is 0. The van der Waals surface area contributed by atoms with E-state index in [4.69, 9.17) is 4.74 Å². The molecule has 0 saturated carbocycles. The van der Waals surface area contributed by atoms with Gasteiger partial charge in [-0.3, -0.25) is 9.59 Å². The van der Waals surface area contributed by atoms with E-state index in [0.717, 1.165) is 57.8 Å². The van der Waals surface area contributed by atoms with Gasteiger partial charge in [-0.05, 0) is 64.2 Å². The van der Waals surface area contributed by atoms with Gasteiger partial charge in [-0.25, -0.2) is 0 Å². The van der Waals surface area contributed by atoms with E-state index >= 15 is 0 Å². The Labute approximate surface area is 358 Å². The number of hydrogen-bond acceptors (Lipinski definition) is 5. The molecule has 1 amide bonds. The summed E-state index contributed by atoms with van der Waals surface area (Å²) in [6.07, 6.45) is 56.8. The van der Waals surface area contributed by atoms with Crippen LogP contribution >= 0.6 is 0 Å². The fraction of sp³-hybridized carbons (Fsp3) is 0.731. The third-order valence-electron chi connectivity index (χ3n) is 10.6. The van der Waals surface area contributed by atoms with Crippen molar-refractivity contribution < 1.29 is 24.5 Å².